The Hall–Kier alpha value is -2.43. The highest BCUT2D eigenvalue weighted by Gasteiger charge is 2.25. The van der Waals surface area contributed by atoms with Crippen LogP contribution in [0.5, 0.6) is 0 Å². The van der Waals surface area contributed by atoms with E-state index in [2.05, 4.69) is 10.2 Å². The molecule has 1 aliphatic heterocycles. The minimum Gasteiger partial charge on any atom is -0.399 e. The summed E-state index contributed by atoms with van der Waals surface area (Å²) in [6.07, 6.45) is 3.86. The van der Waals surface area contributed by atoms with Crippen molar-refractivity contribution < 1.29 is 4.79 Å². The summed E-state index contributed by atoms with van der Waals surface area (Å²) in [7, 11) is 0. The zero-order valence-corrected chi connectivity index (χ0v) is 9.71. The van der Waals surface area contributed by atoms with E-state index in [1.165, 1.54) is 12.4 Å². The second-order valence-corrected chi connectivity index (χ2v) is 4.23. The molecular formula is C13H12N4O. The molecule has 5 nitrogen and oxygen atoms in total. The molecule has 2 heterocycles. The number of hydrogen-bond donors (Lipinski definition) is 1. The summed E-state index contributed by atoms with van der Waals surface area (Å²) in [4.78, 5) is 14.1. The number of nitrogens with zero attached hydrogens (tertiary/aromatic N) is 3. The fraction of sp³-hybridized carbons (Fsp3) is 0.154. The SMILES string of the molecule is Nc1ccc2c(c1)N(C(=O)c1ccnnc1)CC2. The van der Waals surface area contributed by atoms with Crippen LogP contribution in [0, 0.1) is 0 Å². The van der Waals surface area contributed by atoms with Gasteiger partial charge in [-0.3, -0.25) is 4.79 Å². The lowest BCUT2D eigenvalue weighted by Crippen LogP contribution is -2.29. The molecular weight excluding hydrogens is 228 g/mol. The Balaban J connectivity index is 1.97. The molecule has 0 unspecified atom stereocenters. The summed E-state index contributed by atoms with van der Waals surface area (Å²) in [5, 5.41) is 7.40. The number of amides is 1. The summed E-state index contributed by atoms with van der Waals surface area (Å²) < 4.78 is 0. The first-order chi connectivity index (χ1) is 8.75. The first kappa shape index (κ1) is 10.7. The Morgan fingerprint density at radius 2 is 2.17 bits per heavy atom. The van der Waals surface area contributed by atoms with E-state index >= 15 is 0 Å². The second-order valence-electron chi connectivity index (χ2n) is 4.23. The van der Waals surface area contributed by atoms with E-state index in [9.17, 15) is 4.79 Å². The molecule has 0 radical (unpaired) electrons. The molecule has 0 fully saturated rings. The molecule has 0 atom stereocenters. The molecule has 1 aliphatic rings. The Morgan fingerprint density at radius 3 is 2.94 bits per heavy atom. The number of hydrogen-bond acceptors (Lipinski definition) is 4. The first-order valence-electron chi connectivity index (χ1n) is 5.72. The van der Waals surface area contributed by atoms with Gasteiger partial charge < -0.3 is 10.6 Å². The van der Waals surface area contributed by atoms with Gasteiger partial charge in [0, 0.05) is 17.9 Å². The van der Waals surface area contributed by atoms with Crippen molar-refractivity contribution in [3.63, 3.8) is 0 Å². The normalized spacial score (nSPS) is 13.4. The van der Waals surface area contributed by atoms with Crippen molar-refractivity contribution in [3.05, 3.63) is 47.8 Å². The van der Waals surface area contributed by atoms with Gasteiger partial charge in [-0.2, -0.15) is 10.2 Å². The van der Waals surface area contributed by atoms with E-state index in [0.29, 0.717) is 17.8 Å². The number of carbonyl (C=O) groups is 1. The lowest BCUT2D eigenvalue weighted by Gasteiger charge is -2.17. The van der Waals surface area contributed by atoms with Gasteiger partial charge in [-0.1, -0.05) is 6.07 Å². The van der Waals surface area contributed by atoms with Gasteiger partial charge in [0.1, 0.15) is 0 Å². The maximum Gasteiger partial charge on any atom is 0.259 e. The van der Waals surface area contributed by atoms with Gasteiger partial charge >= 0.3 is 0 Å². The van der Waals surface area contributed by atoms with E-state index in [0.717, 1.165) is 17.7 Å². The Kier molecular flexibility index (Phi) is 2.44. The number of anilines is 2. The van der Waals surface area contributed by atoms with Gasteiger partial charge in [0.25, 0.3) is 5.91 Å². The number of nitrogen functional groups attached to an aromatic ring is 1. The maximum atomic E-state index is 12.3. The van der Waals surface area contributed by atoms with Crippen LogP contribution in [0.25, 0.3) is 0 Å². The van der Waals surface area contributed by atoms with E-state index in [4.69, 9.17) is 5.73 Å². The van der Waals surface area contributed by atoms with Crippen molar-refractivity contribution in [1.82, 2.24) is 10.2 Å². The predicted molar refractivity (Wildman–Crippen MR) is 68.3 cm³/mol. The summed E-state index contributed by atoms with van der Waals surface area (Å²) in [6.45, 7) is 0.680. The third kappa shape index (κ3) is 1.69. The summed E-state index contributed by atoms with van der Waals surface area (Å²) in [5.41, 5.74) is 9.03. The topological polar surface area (TPSA) is 72.1 Å². The van der Waals surface area contributed by atoms with Crippen LogP contribution in [0.1, 0.15) is 15.9 Å². The Morgan fingerprint density at radius 1 is 1.28 bits per heavy atom. The van der Waals surface area contributed by atoms with Crippen LogP contribution in [0.4, 0.5) is 11.4 Å². The van der Waals surface area contributed by atoms with Crippen LogP contribution in [-0.4, -0.2) is 22.6 Å². The number of fused-ring (bicyclic) bond motifs is 1. The number of benzene rings is 1. The number of carbonyl (C=O) groups excluding carboxylic acids is 1. The average Bonchev–Trinajstić information content (AvgIpc) is 2.82. The molecule has 1 aromatic heterocycles. The van der Waals surface area contributed by atoms with E-state index < -0.39 is 0 Å². The molecule has 0 saturated carbocycles. The van der Waals surface area contributed by atoms with Crippen molar-refractivity contribution in [3.8, 4) is 0 Å². The van der Waals surface area contributed by atoms with Gasteiger partial charge in [-0.15, -0.1) is 0 Å². The highest BCUT2D eigenvalue weighted by molar-refractivity contribution is 6.07. The zero-order chi connectivity index (χ0) is 12.5. The fourth-order valence-electron chi connectivity index (χ4n) is 2.18. The molecule has 2 N–H and O–H groups in total. The predicted octanol–water partition coefficient (Wildman–Crippen LogP) is 1.26. The number of rotatable bonds is 1. The molecule has 1 amide bonds. The highest BCUT2D eigenvalue weighted by atomic mass is 16.2. The van der Waals surface area contributed by atoms with Crippen LogP contribution in [0.15, 0.2) is 36.7 Å². The lowest BCUT2D eigenvalue weighted by molar-refractivity contribution is 0.0989. The molecule has 90 valence electrons. The monoisotopic (exact) mass is 240 g/mol. The summed E-state index contributed by atoms with van der Waals surface area (Å²) >= 11 is 0. The van der Waals surface area contributed by atoms with Gasteiger partial charge in [-0.05, 0) is 30.2 Å². The van der Waals surface area contributed by atoms with Crippen LogP contribution >= 0.6 is 0 Å². The Bertz CT molecular complexity index is 597. The van der Waals surface area contributed by atoms with Gasteiger partial charge in [0.05, 0.1) is 18.0 Å². The standard InChI is InChI=1S/C13H12N4O/c14-11-2-1-9-4-6-17(12(9)7-11)13(18)10-3-5-15-16-8-10/h1-3,5,7-8H,4,6,14H2. The van der Waals surface area contributed by atoms with Crippen molar-refractivity contribution in [1.29, 1.82) is 0 Å². The molecule has 0 saturated heterocycles. The van der Waals surface area contributed by atoms with Gasteiger partial charge in [0.15, 0.2) is 0 Å². The summed E-state index contributed by atoms with van der Waals surface area (Å²) in [6, 6.07) is 7.35. The molecule has 18 heavy (non-hydrogen) atoms. The highest BCUT2D eigenvalue weighted by Crippen LogP contribution is 2.30. The van der Waals surface area contributed by atoms with Crippen LogP contribution in [0.3, 0.4) is 0 Å². The largest absolute Gasteiger partial charge is 0.399 e. The molecule has 5 heteroatoms. The molecule has 2 aromatic rings. The van der Waals surface area contributed by atoms with Crippen LogP contribution < -0.4 is 10.6 Å². The van der Waals surface area contributed by atoms with Crippen molar-refractivity contribution in [2.75, 3.05) is 17.2 Å². The molecule has 1 aromatic carbocycles. The second kappa shape index (κ2) is 4.10. The minimum absolute atomic E-state index is 0.0609. The molecule has 0 spiro atoms. The Labute approximate surface area is 104 Å². The van der Waals surface area contributed by atoms with Crippen LogP contribution in [0.2, 0.25) is 0 Å². The molecule has 0 bridgehead atoms. The minimum atomic E-state index is -0.0609. The van der Waals surface area contributed by atoms with Crippen molar-refractivity contribution in [2.45, 2.75) is 6.42 Å². The fourth-order valence-corrected chi connectivity index (χ4v) is 2.18. The molecule has 3 rings (SSSR count). The lowest BCUT2D eigenvalue weighted by atomic mass is 10.1. The van der Waals surface area contributed by atoms with E-state index in [1.54, 1.807) is 11.0 Å². The number of nitrogens with two attached hydrogens (primary N) is 1. The quantitative estimate of drug-likeness (QED) is 0.762. The van der Waals surface area contributed by atoms with Crippen LogP contribution in [-0.2, 0) is 6.42 Å². The zero-order valence-electron chi connectivity index (χ0n) is 9.71. The average molecular weight is 240 g/mol. The third-order valence-corrected chi connectivity index (χ3v) is 3.08. The molecule has 0 aliphatic carbocycles. The smallest absolute Gasteiger partial charge is 0.259 e. The maximum absolute atomic E-state index is 12.3. The van der Waals surface area contributed by atoms with Crippen molar-refractivity contribution in [2.24, 2.45) is 0 Å². The van der Waals surface area contributed by atoms with Crippen molar-refractivity contribution >= 4 is 17.3 Å². The van der Waals surface area contributed by atoms with Gasteiger partial charge in [0.2, 0.25) is 0 Å². The summed E-state index contributed by atoms with van der Waals surface area (Å²) in [5.74, 6) is -0.0609. The number of aromatic nitrogens is 2. The third-order valence-electron chi connectivity index (χ3n) is 3.08. The van der Waals surface area contributed by atoms with E-state index in [-0.39, 0.29) is 5.91 Å². The van der Waals surface area contributed by atoms with Gasteiger partial charge in [-0.25, -0.2) is 0 Å². The van der Waals surface area contributed by atoms with E-state index in [1.807, 2.05) is 18.2 Å². The first-order valence-corrected chi connectivity index (χ1v) is 5.72.